The number of aryl methyl sites for hydroxylation is 1. The maximum atomic E-state index is 11.0. The SMILES string of the molecule is Cc1ccc([N+](=O)[O-])c(Sc2ccc(CC(=O)O)cc2)n1. The highest BCUT2D eigenvalue weighted by Crippen LogP contribution is 2.33. The van der Waals surface area contributed by atoms with Crippen LogP contribution in [0.1, 0.15) is 11.3 Å². The van der Waals surface area contributed by atoms with Gasteiger partial charge in [0.15, 0.2) is 5.03 Å². The molecular formula is C14H12N2O4S. The minimum absolute atomic E-state index is 0.0415. The fourth-order valence-electron chi connectivity index (χ4n) is 1.70. The third-order valence-corrected chi connectivity index (χ3v) is 3.67. The van der Waals surface area contributed by atoms with Crippen LogP contribution in [0, 0.1) is 17.0 Å². The number of carboxylic acids is 1. The number of carboxylic acid groups (broad SMARTS) is 1. The Labute approximate surface area is 125 Å². The molecule has 0 atom stereocenters. The molecule has 0 aliphatic rings. The normalized spacial score (nSPS) is 10.3. The van der Waals surface area contributed by atoms with E-state index in [1.54, 1.807) is 37.3 Å². The van der Waals surface area contributed by atoms with Gasteiger partial charge in [-0.05, 0) is 30.7 Å². The van der Waals surface area contributed by atoms with E-state index in [0.29, 0.717) is 16.3 Å². The van der Waals surface area contributed by atoms with Gasteiger partial charge in [0.25, 0.3) is 0 Å². The standard InChI is InChI=1S/C14H12N2O4S/c1-9-2-7-12(16(19)20)14(15-9)21-11-5-3-10(4-6-11)8-13(17)18/h2-7H,8H2,1H3,(H,17,18). The second-order valence-corrected chi connectivity index (χ2v) is 5.41. The predicted molar refractivity (Wildman–Crippen MR) is 77.5 cm³/mol. The van der Waals surface area contributed by atoms with Crippen LogP contribution >= 0.6 is 11.8 Å². The van der Waals surface area contributed by atoms with Gasteiger partial charge >= 0.3 is 11.7 Å². The van der Waals surface area contributed by atoms with Gasteiger partial charge in [0, 0.05) is 16.7 Å². The second-order valence-electron chi connectivity index (χ2n) is 4.35. The van der Waals surface area contributed by atoms with Crippen molar-refractivity contribution in [2.75, 3.05) is 0 Å². The zero-order chi connectivity index (χ0) is 15.4. The van der Waals surface area contributed by atoms with Crippen molar-refractivity contribution in [2.24, 2.45) is 0 Å². The van der Waals surface area contributed by atoms with E-state index in [0.717, 1.165) is 4.90 Å². The molecule has 0 saturated carbocycles. The van der Waals surface area contributed by atoms with Crippen molar-refractivity contribution >= 4 is 23.4 Å². The molecule has 0 saturated heterocycles. The van der Waals surface area contributed by atoms with Gasteiger partial charge in [-0.15, -0.1) is 0 Å². The lowest BCUT2D eigenvalue weighted by Gasteiger charge is -2.04. The van der Waals surface area contributed by atoms with Gasteiger partial charge in [-0.3, -0.25) is 14.9 Å². The summed E-state index contributed by atoms with van der Waals surface area (Å²) >= 11 is 1.18. The molecule has 108 valence electrons. The molecule has 1 aromatic carbocycles. The number of hydrogen-bond acceptors (Lipinski definition) is 5. The van der Waals surface area contributed by atoms with Crippen molar-refractivity contribution in [2.45, 2.75) is 23.3 Å². The molecule has 1 aromatic heterocycles. The Morgan fingerprint density at radius 1 is 1.29 bits per heavy atom. The first-order valence-electron chi connectivity index (χ1n) is 6.06. The molecule has 0 amide bonds. The van der Waals surface area contributed by atoms with Gasteiger partial charge in [0.05, 0.1) is 11.3 Å². The van der Waals surface area contributed by atoms with Crippen molar-refractivity contribution in [3.63, 3.8) is 0 Å². The van der Waals surface area contributed by atoms with Crippen LogP contribution in [-0.4, -0.2) is 21.0 Å². The van der Waals surface area contributed by atoms with E-state index >= 15 is 0 Å². The molecule has 0 fully saturated rings. The van der Waals surface area contributed by atoms with Gasteiger partial charge in [0.2, 0.25) is 0 Å². The Hall–Kier alpha value is -2.41. The number of rotatable bonds is 5. The van der Waals surface area contributed by atoms with E-state index < -0.39 is 10.9 Å². The minimum Gasteiger partial charge on any atom is -0.481 e. The summed E-state index contributed by atoms with van der Waals surface area (Å²) in [4.78, 5) is 26.1. The Morgan fingerprint density at radius 3 is 2.52 bits per heavy atom. The fraction of sp³-hybridized carbons (Fsp3) is 0.143. The van der Waals surface area contributed by atoms with Crippen LogP contribution in [0.4, 0.5) is 5.69 Å². The molecule has 0 radical (unpaired) electrons. The van der Waals surface area contributed by atoms with Gasteiger partial charge in [0.1, 0.15) is 0 Å². The quantitative estimate of drug-likeness (QED) is 0.674. The molecule has 21 heavy (non-hydrogen) atoms. The predicted octanol–water partition coefficient (Wildman–Crippen LogP) is 3.08. The van der Waals surface area contributed by atoms with E-state index in [9.17, 15) is 14.9 Å². The van der Waals surface area contributed by atoms with Gasteiger partial charge in [-0.2, -0.15) is 0 Å². The van der Waals surface area contributed by atoms with Crippen LogP contribution in [0.3, 0.4) is 0 Å². The first-order chi connectivity index (χ1) is 9.95. The largest absolute Gasteiger partial charge is 0.481 e. The number of nitrogens with zero attached hydrogens (tertiary/aromatic N) is 2. The van der Waals surface area contributed by atoms with Gasteiger partial charge < -0.3 is 5.11 Å². The zero-order valence-electron chi connectivity index (χ0n) is 11.1. The number of carbonyl (C=O) groups is 1. The minimum atomic E-state index is -0.897. The van der Waals surface area contributed by atoms with Crippen LogP contribution in [-0.2, 0) is 11.2 Å². The summed E-state index contributed by atoms with van der Waals surface area (Å²) in [5.74, 6) is -0.897. The van der Waals surface area contributed by atoms with Crippen molar-refractivity contribution in [1.82, 2.24) is 4.98 Å². The third-order valence-electron chi connectivity index (χ3n) is 2.67. The smallest absolute Gasteiger partial charge is 0.307 e. The summed E-state index contributed by atoms with van der Waals surface area (Å²) < 4.78 is 0. The highest BCUT2D eigenvalue weighted by molar-refractivity contribution is 7.99. The molecule has 0 spiro atoms. The maximum Gasteiger partial charge on any atom is 0.307 e. The van der Waals surface area contributed by atoms with Crippen LogP contribution < -0.4 is 0 Å². The first kappa shape index (κ1) is 15.0. The van der Waals surface area contributed by atoms with Gasteiger partial charge in [-0.1, -0.05) is 23.9 Å². The summed E-state index contributed by atoms with van der Waals surface area (Å²) in [5.41, 5.74) is 1.34. The van der Waals surface area contributed by atoms with Crippen LogP contribution in [0.5, 0.6) is 0 Å². The maximum absolute atomic E-state index is 11.0. The van der Waals surface area contributed by atoms with E-state index in [4.69, 9.17) is 5.11 Å². The molecule has 7 heteroatoms. The Kier molecular flexibility index (Phi) is 4.54. The average molecular weight is 304 g/mol. The number of aromatic nitrogens is 1. The molecule has 0 aliphatic heterocycles. The Bertz CT molecular complexity index is 686. The highest BCUT2D eigenvalue weighted by atomic mass is 32.2. The Morgan fingerprint density at radius 2 is 1.95 bits per heavy atom. The van der Waals surface area contributed by atoms with Gasteiger partial charge in [-0.25, -0.2) is 4.98 Å². The van der Waals surface area contributed by atoms with Crippen molar-refractivity contribution in [1.29, 1.82) is 0 Å². The number of benzene rings is 1. The molecule has 0 aliphatic carbocycles. The summed E-state index contributed by atoms with van der Waals surface area (Å²) in [6.07, 6.45) is -0.0478. The van der Waals surface area contributed by atoms with Crippen molar-refractivity contribution in [3.8, 4) is 0 Å². The van der Waals surface area contributed by atoms with Crippen molar-refractivity contribution in [3.05, 3.63) is 57.8 Å². The molecular weight excluding hydrogens is 292 g/mol. The van der Waals surface area contributed by atoms with Crippen LogP contribution in [0.25, 0.3) is 0 Å². The van der Waals surface area contributed by atoms with E-state index in [-0.39, 0.29) is 12.1 Å². The number of nitro groups is 1. The zero-order valence-corrected chi connectivity index (χ0v) is 12.0. The molecule has 1 N–H and O–H groups in total. The molecule has 0 bridgehead atoms. The van der Waals surface area contributed by atoms with E-state index in [2.05, 4.69) is 4.98 Å². The monoisotopic (exact) mass is 304 g/mol. The number of hydrogen-bond donors (Lipinski definition) is 1. The number of pyridine rings is 1. The molecule has 1 heterocycles. The molecule has 2 rings (SSSR count). The fourth-order valence-corrected chi connectivity index (χ4v) is 2.63. The first-order valence-corrected chi connectivity index (χ1v) is 6.88. The topological polar surface area (TPSA) is 93.3 Å². The Balaban J connectivity index is 2.23. The average Bonchev–Trinajstić information content (AvgIpc) is 2.40. The summed E-state index contributed by atoms with van der Waals surface area (Å²) in [6, 6.07) is 9.88. The molecule has 2 aromatic rings. The van der Waals surface area contributed by atoms with E-state index in [1.807, 2.05) is 0 Å². The summed E-state index contributed by atoms with van der Waals surface area (Å²) in [7, 11) is 0. The summed E-state index contributed by atoms with van der Waals surface area (Å²) in [6.45, 7) is 1.77. The highest BCUT2D eigenvalue weighted by Gasteiger charge is 2.16. The lowest BCUT2D eigenvalue weighted by molar-refractivity contribution is -0.388. The molecule has 6 nitrogen and oxygen atoms in total. The lowest BCUT2D eigenvalue weighted by atomic mass is 10.2. The van der Waals surface area contributed by atoms with Crippen molar-refractivity contribution < 1.29 is 14.8 Å². The number of aliphatic carboxylic acids is 1. The van der Waals surface area contributed by atoms with E-state index in [1.165, 1.54) is 17.8 Å². The second kappa shape index (κ2) is 6.36. The molecule has 0 unspecified atom stereocenters. The van der Waals surface area contributed by atoms with Crippen LogP contribution in [0.15, 0.2) is 46.3 Å². The summed E-state index contributed by atoms with van der Waals surface area (Å²) in [5, 5.41) is 20.0. The lowest BCUT2D eigenvalue weighted by Crippen LogP contribution is -1.99. The van der Waals surface area contributed by atoms with Crippen LogP contribution in [0.2, 0.25) is 0 Å². The third kappa shape index (κ3) is 4.03.